The van der Waals surface area contributed by atoms with Crippen LogP contribution in [0, 0.1) is 11.8 Å². The molecule has 1 aliphatic heterocycles. The van der Waals surface area contributed by atoms with Crippen molar-refractivity contribution in [2.45, 2.75) is 63.8 Å². The second kappa shape index (κ2) is 9.39. The Morgan fingerprint density at radius 1 is 1.36 bits per heavy atom. The first kappa shape index (κ1) is 20.6. The number of rotatable bonds is 7. The number of aliphatic hydroxyl groups excluding tert-OH is 2. The van der Waals surface area contributed by atoms with Crippen LogP contribution in [-0.4, -0.2) is 39.6 Å². The molecule has 1 fully saturated rings. The SMILES string of the molecule is CCCCC[C@H](O)/C=C/[C@@H]1[C@H]2C/C=C\c3ccc(C(=O)O)cc3O[C@H]2C[C@H]1O. The second-order valence-corrected chi connectivity index (χ2v) is 7.84. The predicted octanol–water partition coefficient (Wildman–Crippen LogP) is 4.04. The van der Waals surface area contributed by atoms with Gasteiger partial charge in [0.25, 0.3) is 0 Å². The van der Waals surface area contributed by atoms with E-state index < -0.39 is 18.2 Å². The highest BCUT2D eigenvalue weighted by atomic mass is 16.5. The van der Waals surface area contributed by atoms with E-state index in [0.717, 1.165) is 37.7 Å². The highest BCUT2D eigenvalue weighted by molar-refractivity contribution is 5.88. The topological polar surface area (TPSA) is 87.0 Å². The Hall–Kier alpha value is -2.11. The number of hydrogen-bond donors (Lipinski definition) is 3. The fourth-order valence-electron chi connectivity index (χ4n) is 4.20. The van der Waals surface area contributed by atoms with Gasteiger partial charge in [-0.2, -0.15) is 0 Å². The molecule has 3 N–H and O–H groups in total. The zero-order chi connectivity index (χ0) is 20.1. The summed E-state index contributed by atoms with van der Waals surface area (Å²) >= 11 is 0. The van der Waals surface area contributed by atoms with Crippen LogP contribution in [0.15, 0.2) is 36.4 Å². The van der Waals surface area contributed by atoms with Gasteiger partial charge in [0.15, 0.2) is 0 Å². The number of aliphatic hydroxyl groups is 2. The van der Waals surface area contributed by atoms with Crippen molar-refractivity contribution in [1.82, 2.24) is 0 Å². The molecule has 3 rings (SSSR count). The van der Waals surface area contributed by atoms with Gasteiger partial charge in [0.1, 0.15) is 11.9 Å². The first-order chi connectivity index (χ1) is 13.5. The Labute approximate surface area is 166 Å². The van der Waals surface area contributed by atoms with E-state index in [1.54, 1.807) is 18.2 Å². The summed E-state index contributed by atoms with van der Waals surface area (Å²) < 4.78 is 6.17. The Balaban J connectivity index is 1.73. The maximum atomic E-state index is 11.3. The van der Waals surface area contributed by atoms with E-state index in [1.807, 2.05) is 18.2 Å². The summed E-state index contributed by atoms with van der Waals surface area (Å²) in [5.41, 5.74) is 1.04. The number of fused-ring (bicyclic) bond motifs is 2. The van der Waals surface area contributed by atoms with Gasteiger partial charge in [-0.25, -0.2) is 4.79 Å². The molecule has 0 spiro atoms. The number of carboxylic acids is 1. The summed E-state index contributed by atoms with van der Waals surface area (Å²) in [6, 6.07) is 4.88. The van der Waals surface area contributed by atoms with Crippen LogP contribution >= 0.6 is 0 Å². The predicted molar refractivity (Wildman–Crippen MR) is 108 cm³/mol. The molecule has 0 radical (unpaired) electrons. The average Bonchev–Trinajstić information content (AvgIpc) is 2.93. The minimum atomic E-state index is -0.988. The van der Waals surface area contributed by atoms with Crippen molar-refractivity contribution < 1.29 is 24.9 Å². The molecule has 152 valence electrons. The zero-order valence-electron chi connectivity index (χ0n) is 16.3. The molecular weight excluding hydrogens is 356 g/mol. The number of unbranched alkanes of at least 4 members (excludes halogenated alkanes) is 2. The Morgan fingerprint density at radius 3 is 2.93 bits per heavy atom. The average molecular weight is 386 g/mol. The van der Waals surface area contributed by atoms with Gasteiger partial charge >= 0.3 is 5.97 Å². The van der Waals surface area contributed by atoms with Gasteiger partial charge in [0, 0.05) is 23.8 Å². The fourth-order valence-corrected chi connectivity index (χ4v) is 4.20. The monoisotopic (exact) mass is 386 g/mol. The van der Waals surface area contributed by atoms with Crippen LogP contribution in [0.3, 0.4) is 0 Å². The first-order valence-corrected chi connectivity index (χ1v) is 10.2. The number of aromatic carboxylic acids is 1. The highest BCUT2D eigenvalue weighted by Crippen LogP contribution is 2.41. The van der Waals surface area contributed by atoms with Crippen LogP contribution in [0.5, 0.6) is 5.75 Å². The third-order valence-corrected chi connectivity index (χ3v) is 5.79. The molecule has 1 heterocycles. The van der Waals surface area contributed by atoms with Crippen molar-refractivity contribution in [1.29, 1.82) is 0 Å². The van der Waals surface area contributed by atoms with Crippen molar-refractivity contribution >= 4 is 12.0 Å². The van der Waals surface area contributed by atoms with Crippen LogP contribution in [0.4, 0.5) is 0 Å². The first-order valence-electron chi connectivity index (χ1n) is 10.2. The van der Waals surface area contributed by atoms with Gasteiger partial charge in [0.2, 0.25) is 0 Å². The van der Waals surface area contributed by atoms with E-state index in [2.05, 4.69) is 13.0 Å². The molecule has 0 aromatic heterocycles. The quantitative estimate of drug-likeness (QED) is 0.486. The van der Waals surface area contributed by atoms with Crippen LogP contribution in [-0.2, 0) is 0 Å². The number of hydrogen-bond acceptors (Lipinski definition) is 4. The van der Waals surface area contributed by atoms with Crippen LogP contribution in [0.25, 0.3) is 6.08 Å². The Bertz CT molecular complexity index is 739. The van der Waals surface area contributed by atoms with E-state index in [4.69, 9.17) is 4.74 Å². The summed E-state index contributed by atoms with van der Waals surface area (Å²) in [6.07, 6.45) is 11.8. The van der Waals surface area contributed by atoms with Gasteiger partial charge < -0.3 is 20.1 Å². The molecule has 5 nitrogen and oxygen atoms in total. The smallest absolute Gasteiger partial charge is 0.335 e. The molecule has 0 saturated heterocycles. The van der Waals surface area contributed by atoms with Crippen molar-refractivity contribution in [3.05, 3.63) is 47.6 Å². The van der Waals surface area contributed by atoms with Gasteiger partial charge in [-0.1, -0.05) is 56.6 Å². The molecule has 5 heteroatoms. The van der Waals surface area contributed by atoms with Crippen molar-refractivity contribution in [2.24, 2.45) is 11.8 Å². The Kier molecular flexibility index (Phi) is 6.92. The summed E-state index contributed by atoms with van der Waals surface area (Å²) in [6.45, 7) is 2.14. The number of benzene rings is 1. The van der Waals surface area contributed by atoms with Gasteiger partial charge in [0.05, 0.1) is 17.8 Å². The number of carbonyl (C=O) groups is 1. The van der Waals surface area contributed by atoms with Gasteiger partial charge in [-0.05, 0) is 25.0 Å². The molecule has 1 aliphatic carbocycles. The lowest BCUT2D eigenvalue weighted by Gasteiger charge is -2.26. The van der Waals surface area contributed by atoms with Crippen molar-refractivity contribution in [2.75, 3.05) is 0 Å². The molecular formula is C23H30O5. The lowest BCUT2D eigenvalue weighted by atomic mass is 9.88. The normalized spacial score (nSPS) is 28.7. The van der Waals surface area contributed by atoms with E-state index in [9.17, 15) is 20.1 Å². The maximum Gasteiger partial charge on any atom is 0.335 e. The number of ether oxygens (including phenoxy) is 1. The third-order valence-electron chi connectivity index (χ3n) is 5.79. The molecule has 1 aromatic carbocycles. The molecule has 0 amide bonds. The molecule has 28 heavy (non-hydrogen) atoms. The van der Waals surface area contributed by atoms with E-state index in [1.165, 1.54) is 0 Å². The minimum Gasteiger partial charge on any atom is -0.489 e. The third kappa shape index (κ3) is 4.83. The van der Waals surface area contributed by atoms with Gasteiger partial charge in [-0.3, -0.25) is 0 Å². The number of carboxylic acid groups (broad SMARTS) is 1. The zero-order valence-corrected chi connectivity index (χ0v) is 16.3. The van der Waals surface area contributed by atoms with Crippen LogP contribution < -0.4 is 4.74 Å². The molecule has 1 aromatic rings. The molecule has 0 bridgehead atoms. The molecule has 1 saturated carbocycles. The molecule has 5 atom stereocenters. The van der Waals surface area contributed by atoms with E-state index in [0.29, 0.717) is 12.2 Å². The summed E-state index contributed by atoms with van der Waals surface area (Å²) in [4.78, 5) is 11.3. The van der Waals surface area contributed by atoms with E-state index in [-0.39, 0.29) is 23.5 Å². The second-order valence-electron chi connectivity index (χ2n) is 7.84. The van der Waals surface area contributed by atoms with Gasteiger partial charge in [-0.15, -0.1) is 0 Å². The lowest BCUT2D eigenvalue weighted by Crippen LogP contribution is -2.26. The van der Waals surface area contributed by atoms with E-state index >= 15 is 0 Å². The number of allylic oxidation sites excluding steroid dienone is 1. The minimum absolute atomic E-state index is 0.0836. The standard InChI is InChI=1S/C23H30O5/c1-2-3-4-7-17(24)11-12-18-19-8-5-6-15-9-10-16(23(26)27)13-21(15)28-22(19)14-20(18)25/h5-6,9-13,17-20,22,24-25H,2-4,7-8,14H2,1H3,(H,26,27)/b6-5-,12-11+/t17-,18+,19+,20+,22-/m0/s1. The largest absolute Gasteiger partial charge is 0.489 e. The summed E-state index contributed by atoms with van der Waals surface area (Å²) in [5, 5.41) is 30.0. The Morgan fingerprint density at radius 2 is 2.18 bits per heavy atom. The van der Waals surface area contributed by atoms with Crippen LogP contribution in [0.2, 0.25) is 0 Å². The highest BCUT2D eigenvalue weighted by Gasteiger charge is 2.42. The van der Waals surface area contributed by atoms with Crippen molar-refractivity contribution in [3.63, 3.8) is 0 Å². The molecule has 2 aliphatic rings. The molecule has 0 unspecified atom stereocenters. The lowest BCUT2D eigenvalue weighted by molar-refractivity contribution is 0.0695. The van der Waals surface area contributed by atoms with Crippen molar-refractivity contribution in [3.8, 4) is 5.75 Å². The van der Waals surface area contributed by atoms with Crippen LogP contribution in [0.1, 0.15) is 61.4 Å². The summed E-state index contributed by atoms with van der Waals surface area (Å²) in [5.74, 6) is -0.438. The fraction of sp³-hybridized carbons (Fsp3) is 0.522. The maximum absolute atomic E-state index is 11.3. The summed E-state index contributed by atoms with van der Waals surface area (Å²) in [7, 11) is 0.